The zero-order chi connectivity index (χ0) is 11.2. The van der Waals surface area contributed by atoms with Gasteiger partial charge < -0.3 is 5.11 Å². The number of rotatable bonds is 1. The van der Waals surface area contributed by atoms with Gasteiger partial charge in [0.25, 0.3) is 0 Å². The summed E-state index contributed by atoms with van der Waals surface area (Å²) in [4.78, 5) is 0. The SMILES string of the molecule is CC1=C(c2ccccc2)C2(O)CCCC1C2. The van der Waals surface area contributed by atoms with Gasteiger partial charge in [-0.2, -0.15) is 0 Å². The quantitative estimate of drug-likeness (QED) is 0.759. The molecule has 0 aliphatic heterocycles. The first-order valence-electron chi connectivity index (χ1n) is 6.20. The lowest BCUT2D eigenvalue weighted by Gasteiger charge is -2.31. The normalized spacial score (nSPS) is 33.2. The Morgan fingerprint density at radius 3 is 2.69 bits per heavy atom. The zero-order valence-corrected chi connectivity index (χ0v) is 9.74. The molecule has 2 bridgehead atoms. The van der Waals surface area contributed by atoms with Crippen molar-refractivity contribution in [2.24, 2.45) is 5.92 Å². The summed E-state index contributed by atoms with van der Waals surface area (Å²) in [6.07, 6.45) is 4.30. The summed E-state index contributed by atoms with van der Waals surface area (Å²) in [6, 6.07) is 10.4. The van der Waals surface area contributed by atoms with E-state index in [0.717, 1.165) is 19.3 Å². The second-order valence-electron chi connectivity index (χ2n) is 5.25. The molecule has 2 aliphatic rings. The molecule has 84 valence electrons. The van der Waals surface area contributed by atoms with Crippen molar-refractivity contribution in [2.45, 2.75) is 38.2 Å². The first kappa shape index (κ1) is 10.1. The van der Waals surface area contributed by atoms with Crippen LogP contribution in [0.25, 0.3) is 5.57 Å². The minimum absolute atomic E-state index is 0.533. The zero-order valence-electron chi connectivity index (χ0n) is 9.74. The van der Waals surface area contributed by atoms with E-state index in [9.17, 15) is 5.11 Å². The lowest BCUT2D eigenvalue weighted by Crippen LogP contribution is -2.30. The third-order valence-corrected chi connectivity index (χ3v) is 4.26. The van der Waals surface area contributed by atoms with Crippen molar-refractivity contribution in [3.63, 3.8) is 0 Å². The molecule has 2 unspecified atom stereocenters. The van der Waals surface area contributed by atoms with Gasteiger partial charge in [-0.15, -0.1) is 0 Å². The summed E-state index contributed by atoms with van der Waals surface area (Å²) in [7, 11) is 0. The fourth-order valence-electron chi connectivity index (χ4n) is 3.52. The molecule has 1 aromatic rings. The van der Waals surface area contributed by atoms with Gasteiger partial charge in [-0.3, -0.25) is 0 Å². The van der Waals surface area contributed by atoms with Gasteiger partial charge in [-0.1, -0.05) is 35.9 Å². The van der Waals surface area contributed by atoms with E-state index in [-0.39, 0.29) is 0 Å². The van der Waals surface area contributed by atoms with E-state index in [1.807, 2.05) is 6.07 Å². The molecular formula is C15H18O. The number of allylic oxidation sites excluding steroid dienone is 1. The second-order valence-corrected chi connectivity index (χ2v) is 5.25. The lowest BCUT2D eigenvalue weighted by molar-refractivity contribution is 0.0586. The van der Waals surface area contributed by atoms with Crippen LogP contribution >= 0.6 is 0 Å². The maximum absolute atomic E-state index is 10.7. The number of hydrogen-bond donors (Lipinski definition) is 1. The second kappa shape index (κ2) is 3.46. The molecule has 1 N–H and O–H groups in total. The summed E-state index contributed by atoms with van der Waals surface area (Å²) in [5.41, 5.74) is 3.32. The van der Waals surface area contributed by atoms with Gasteiger partial charge in [0.05, 0.1) is 5.60 Å². The molecule has 1 saturated carbocycles. The first-order valence-corrected chi connectivity index (χ1v) is 6.20. The van der Waals surface area contributed by atoms with E-state index in [1.54, 1.807) is 0 Å². The Kier molecular flexibility index (Phi) is 2.18. The van der Waals surface area contributed by atoms with Gasteiger partial charge in [-0.05, 0) is 49.7 Å². The fraction of sp³-hybridized carbons (Fsp3) is 0.467. The smallest absolute Gasteiger partial charge is 0.0907 e. The molecule has 2 aliphatic carbocycles. The summed E-state index contributed by atoms with van der Waals surface area (Å²) in [5, 5.41) is 10.7. The number of fused-ring (bicyclic) bond motifs is 2. The van der Waals surface area contributed by atoms with Gasteiger partial charge in [0, 0.05) is 0 Å². The number of hydrogen-bond acceptors (Lipinski definition) is 1. The Bertz CT molecular complexity index is 432. The average molecular weight is 214 g/mol. The van der Waals surface area contributed by atoms with E-state index in [1.165, 1.54) is 23.1 Å². The Labute approximate surface area is 96.8 Å². The Balaban J connectivity index is 2.12. The highest BCUT2D eigenvalue weighted by molar-refractivity contribution is 5.77. The van der Waals surface area contributed by atoms with Crippen LogP contribution in [0.1, 0.15) is 38.2 Å². The molecule has 1 heteroatoms. The molecule has 1 aromatic carbocycles. The highest BCUT2D eigenvalue weighted by atomic mass is 16.3. The van der Waals surface area contributed by atoms with Crippen LogP contribution in [0, 0.1) is 5.92 Å². The van der Waals surface area contributed by atoms with Gasteiger partial charge >= 0.3 is 0 Å². The largest absolute Gasteiger partial charge is 0.385 e. The standard InChI is InChI=1S/C15H18O/c1-11-13-8-5-9-15(16,10-13)14(11)12-6-3-2-4-7-12/h2-4,6-7,13,16H,5,8-10H2,1H3. The summed E-state index contributed by atoms with van der Waals surface area (Å²) >= 11 is 0. The van der Waals surface area contributed by atoms with Gasteiger partial charge in [0.15, 0.2) is 0 Å². The first-order chi connectivity index (χ1) is 7.71. The van der Waals surface area contributed by atoms with Crippen molar-refractivity contribution >= 4 is 5.57 Å². The van der Waals surface area contributed by atoms with E-state index >= 15 is 0 Å². The van der Waals surface area contributed by atoms with Crippen LogP contribution < -0.4 is 0 Å². The van der Waals surface area contributed by atoms with E-state index in [0.29, 0.717) is 5.92 Å². The molecule has 3 rings (SSSR count). The minimum atomic E-state index is -0.533. The Morgan fingerprint density at radius 2 is 2.00 bits per heavy atom. The molecule has 0 amide bonds. The predicted octanol–water partition coefficient (Wildman–Crippen LogP) is 3.40. The topological polar surface area (TPSA) is 20.2 Å². The minimum Gasteiger partial charge on any atom is -0.385 e. The van der Waals surface area contributed by atoms with Crippen molar-refractivity contribution in [3.8, 4) is 0 Å². The van der Waals surface area contributed by atoms with Crippen molar-refractivity contribution in [2.75, 3.05) is 0 Å². The van der Waals surface area contributed by atoms with Gasteiger partial charge in [0.2, 0.25) is 0 Å². The molecule has 2 atom stereocenters. The Hall–Kier alpha value is -1.08. The predicted molar refractivity (Wildman–Crippen MR) is 65.9 cm³/mol. The van der Waals surface area contributed by atoms with Crippen LogP contribution in [0.15, 0.2) is 35.9 Å². The summed E-state index contributed by atoms with van der Waals surface area (Å²) in [5.74, 6) is 0.619. The van der Waals surface area contributed by atoms with Crippen molar-refractivity contribution in [3.05, 3.63) is 41.5 Å². The Morgan fingerprint density at radius 1 is 1.25 bits per heavy atom. The number of aliphatic hydroxyl groups is 1. The van der Waals surface area contributed by atoms with Crippen molar-refractivity contribution in [1.82, 2.24) is 0 Å². The van der Waals surface area contributed by atoms with E-state index in [4.69, 9.17) is 0 Å². The lowest BCUT2D eigenvalue weighted by atomic mass is 9.80. The molecule has 1 nitrogen and oxygen atoms in total. The molecule has 0 saturated heterocycles. The number of benzene rings is 1. The average Bonchev–Trinajstić information content (AvgIpc) is 2.46. The molecule has 0 spiro atoms. The molecule has 0 heterocycles. The van der Waals surface area contributed by atoms with E-state index < -0.39 is 5.60 Å². The third-order valence-electron chi connectivity index (χ3n) is 4.26. The van der Waals surface area contributed by atoms with Crippen LogP contribution in [0.5, 0.6) is 0 Å². The van der Waals surface area contributed by atoms with Gasteiger partial charge in [0.1, 0.15) is 0 Å². The van der Waals surface area contributed by atoms with Crippen molar-refractivity contribution in [1.29, 1.82) is 0 Å². The van der Waals surface area contributed by atoms with Crippen molar-refractivity contribution < 1.29 is 5.11 Å². The van der Waals surface area contributed by atoms with Crippen LogP contribution in [-0.4, -0.2) is 10.7 Å². The third kappa shape index (κ3) is 1.35. The highest BCUT2D eigenvalue weighted by Gasteiger charge is 2.45. The molecule has 0 aromatic heterocycles. The summed E-state index contributed by atoms with van der Waals surface area (Å²) < 4.78 is 0. The monoisotopic (exact) mass is 214 g/mol. The molecule has 1 fully saturated rings. The van der Waals surface area contributed by atoms with E-state index in [2.05, 4.69) is 31.2 Å². The maximum atomic E-state index is 10.7. The summed E-state index contributed by atoms with van der Waals surface area (Å²) in [6.45, 7) is 2.20. The van der Waals surface area contributed by atoms with Crippen LogP contribution in [0.4, 0.5) is 0 Å². The molecule has 16 heavy (non-hydrogen) atoms. The molecular weight excluding hydrogens is 196 g/mol. The van der Waals surface area contributed by atoms with Gasteiger partial charge in [-0.25, -0.2) is 0 Å². The highest BCUT2D eigenvalue weighted by Crippen LogP contribution is 2.52. The maximum Gasteiger partial charge on any atom is 0.0907 e. The van der Waals surface area contributed by atoms with Crippen LogP contribution in [-0.2, 0) is 0 Å². The fourth-order valence-corrected chi connectivity index (χ4v) is 3.52. The van der Waals surface area contributed by atoms with Crippen LogP contribution in [0.2, 0.25) is 0 Å². The molecule has 0 radical (unpaired) electrons. The van der Waals surface area contributed by atoms with Crippen LogP contribution in [0.3, 0.4) is 0 Å².